The molecule has 0 aliphatic carbocycles. The Morgan fingerprint density at radius 2 is 2.21 bits per heavy atom. The summed E-state index contributed by atoms with van der Waals surface area (Å²) in [5.41, 5.74) is 1.25. The quantitative estimate of drug-likeness (QED) is 0.893. The zero-order valence-corrected chi connectivity index (χ0v) is 10.9. The van der Waals surface area contributed by atoms with Gasteiger partial charge >= 0.3 is 0 Å². The van der Waals surface area contributed by atoms with E-state index in [1.54, 1.807) is 18.5 Å². The highest BCUT2D eigenvalue weighted by atomic mass is 16.2. The van der Waals surface area contributed by atoms with Crippen LogP contribution in [0.4, 0.5) is 5.69 Å². The van der Waals surface area contributed by atoms with Crippen LogP contribution in [0.25, 0.3) is 0 Å². The van der Waals surface area contributed by atoms with Gasteiger partial charge in [-0.05, 0) is 25.3 Å². The van der Waals surface area contributed by atoms with E-state index in [0.29, 0.717) is 24.2 Å². The van der Waals surface area contributed by atoms with Gasteiger partial charge in [-0.25, -0.2) is 0 Å². The summed E-state index contributed by atoms with van der Waals surface area (Å²) in [6.45, 7) is 2.31. The Morgan fingerprint density at radius 3 is 2.95 bits per heavy atom. The van der Waals surface area contributed by atoms with E-state index in [4.69, 9.17) is 5.26 Å². The fraction of sp³-hybridized carbons (Fsp3) is 0.500. The van der Waals surface area contributed by atoms with Gasteiger partial charge in [0.1, 0.15) is 6.07 Å². The lowest BCUT2D eigenvalue weighted by Crippen LogP contribution is -2.36. The summed E-state index contributed by atoms with van der Waals surface area (Å²) >= 11 is 0. The molecule has 1 aliphatic rings. The number of hydrogen-bond acceptors (Lipinski definition) is 4. The third-order valence-corrected chi connectivity index (χ3v) is 3.30. The van der Waals surface area contributed by atoms with Crippen LogP contribution < -0.4 is 5.32 Å². The number of pyridine rings is 1. The van der Waals surface area contributed by atoms with Crippen molar-refractivity contribution in [2.75, 3.05) is 25.0 Å². The monoisotopic (exact) mass is 258 g/mol. The van der Waals surface area contributed by atoms with Gasteiger partial charge in [0.25, 0.3) is 0 Å². The molecule has 2 heterocycles. The van der Waals surface area contributed by atoms with Crippen LogP contribution in [0.5, 0.6) is 0 Å². The van der Waals surface area contributed by atoms with E-state index in [1.165, 1.54) is 6.42 Å². The van der Waals surface area contributed by atoms with Crippen LogP contribution in [0, 0.1) is 11.3 Å². The lowest BCUT2D eigenvalue weighted by atomic mass is 10.1. The molecule has 0 spiro atoms. The maximum atomic E-state index is 11.9. The Bertz CT molecular complexity index is 475. The van der Waals surface area contributed by atoms with Gasteiger partial charge in [0, 0.05) is 32.3 Å². The molecule has 0 bridgehead atoms. The Kier molecular flexibility index (Phi) is 4.73. The van der Waals surface area contributed by atoms with E-state index in [-0.39, 0.29) is 5.91 Å². The summed E-state index contributed by atoms with van der Waals surface area (Å²) in [5.74, 6) is 0.189. The molecule has 0 saturated carbocycles. The molecule has 1 aromatic heterocycles. The Labute approximate surface area is 113 Å². The molecule has 0 radical (unpaired) electrons. The van der Waals surface area contributed by atoms with Gasteiger partial charge in [0.05, 0.1) is 17.4 Å². The number of carbonyl (C=O) groups excluding carboxylic acids is 1. The molecule has 0 atom stereocenters. The fourth-order valence-corrected chi connectivity index (χ4v) is 2.24. The number of amides is 1. The molecule has 1 aromatic rings. The number of anilines is 1. The first-order chi connectivity index (χ1) is 9.31. The van der Waals surface area contributed by atoms with Crippen LogP contribution in [0.15, 0.2) is 18.5 Å². The van der Waals surface area contributed by atoms with Gasteiger partial charge < -0.3 is 10.2 Å². The first kappa shape index (κ1) is 13.3. The van der Waals surface area contributed by atoms with E-state index >= 15 is 0 Å². The van der Waals surface area contributed by atoms with Crippen LogP contribution >= 0.6 is 0 Å². The molecule has 5 heteroatoms. The van der Waals surface area contributed by atoms with Crippen LogP contribution in [0.1, 0.15) is 31.2 Å². The maximum absolute atomic E-state index is 11.9. The van der Waals surface area contributed by atoms with Crippen LogP contribution in [0.2, 0.25) is 0 Å². The van der Waals surface area contributed by atoms with E-state index in [9.17, 15) is 4.79 Å². The second-order valence-electron chi connectivity index (χ2n) is 4.65. The van der Waals surface area contributed by atoms with E-state index in [2.05, 4.69) is 16.4 Å². The van der Waals surface area contributed by atoms with Crippen molar-refractivity contribution < 1.29 is 4.79 Å². The van der Waals surface area contributed by atoms with Gasteiger partial charge in [-0.2, -0.15) is 5.26 Å². The lowest BCUT2D eigenvalue weighted by Gasteiger charge is -2.26. The molecule has 5 nitrogen and oxygen atoms in total. The van der Waals surface area contributed by atoms with Crippen molar-refractivity contribution in [2.45, 2.75) is 25.7 Å². The van der Waals surface area contributed by atoms with Crippen molar-refractivity contribution in [3.8, 4) is 6.07 Å². The second kappa shape index (κ2) is 6.74. The summed E-state index contributed by atoms with van der Waals surface area (Å²) in [6.07, 6.45) is 7.11. The summed E-state index contributed by atoms with van der Waals surface area (Å²) in [5, 5.41) is 12.0. The maximum Gasteiger partial charge on any atom is 0.224 e. The van der Waals surface area contributed by atoms with E-state index < -0.39 is 0 Å². The number of aromatic nitrogens is 1. The van der Waals surface area contributed by atoms with Crippen LogP contribution in [-0.4, -0.2) is 35.4 Å². The number of hydrogen-bond donors (Lipinski definition) is 1. The number of likely N-dealkylation sites (tertiary alicyclic amines) is 1. The van der Waals surface area contributed by atoms with Gasteiger partial charge in [0.2, 0.25) is 5.91 Å². The normalized spacial score (nSPS) is 14.8. The van der Waals surface area contributed by atoms with Crippen molar-refractivity contribution in [3.05, 3.63) is 24.0 Å². The summed E-state index contributed by atoms with van der Waals surface area (Å²) in [4.78, 5) is 17.9. The molecule has 0 aromatic carbocycles. The van der Waals surface area contributed by atoms with Crippen molar-refractivity contribution in [2.24, 2.45) is 0 Å². The van der Waals surface area contributed by atoms with Crippen molar-refractivity contribution in [1.29, 1.82) is 5.26 Å². The molecular formula is C14H18N4O. The average molecular weight is 258 g/mol. The van der Waals surface area contributed by atoms with Crippen molar-refractivity contribution in [3.63, 3.8) is 0 Å². The number of carbonyl (C=O) groups is 1. The minimum atomic E-state index is 0.189. The molecule has 1 aliphatic heterocycles. The topological polar surface area (TPSA) is 69.0 Å². The number of nitrogens with zero attached hydrogens (tertiary/aromatic N) is 3. The minimum Gasteiger partial charge on any atom is -0.382 e. The summed E-state index contributed by atoms with van der Waals surface area (Å²) < 4.78 is 0. The lowest BCUT2D eigenvalue weighted by molar-refractivity contribution is -0.131. The molecule has 1 fully saturated rings. The van der Waals surface area contributed by atoms with Gasteiger partial charge in [-0.1, -0.05) is 0 Å². The number of nitrogens with one attached hydrogen (secondary N) is 1. The van der Waals surface area contributed by atoms with Crippen molar-refractivity contribution >= 4 is 11.6 Å². The molecule has 1 amide bonds. The fourth-order valence-electron chi connectivity index (χ4n) is 2.24. The standard InChI is InChI=1S/C14H18N4O/c15-10-12-4-6-16-11-13(12)17-7-5-14(19)18-8-2-1-3-9-18/h4,6,11,17H,1-3,5,7-9H2. The predicted molar refractivity (Wildman–Crippen MR) is 72.5 cm³/mol. The Balaban J connectivity index is 1.80. The first-order valence-corrected chi connectivity index (χ1v) is 6.67. The minimum absolute atomic E-state index is 0.189. The molecule has 2 rings (SSSR count). The number of nitriles is 1. The molecule has 1 N–H and O–H groups in total. The van der Waals surface area contributed by atoms with E-state index in [0.717, 1.165) is 25.9 Å². The van der Waals surface area contributed by atoms with Crippen LogP contribution in [-0.2, 0) is 4.79 Å². The predicted octanol–water partition coefficient (Wildman–Crippen LogP) is 1.77. The Morgan fingerprint density at radius 1 is 1.42 bits per heavy atom. The smallest absolute Gasteiger partial charge is 0.224 e. The van der Waals surface area contributed by atoms with Crippen LogP contribution in [0.3, 0.4) is 0 Å². The zero-order chi connectivity index (χ0) is 13.5. The average Bonchev–Trinajstić information content (AvgIpc) is 2.48. The highest BCUT2D eigenvalue weighted by molar-refractivity contribution is 5.76. The first-order valence-electron chi connectivity index (χ1n) is 6.67. The Hall–Kier alpha value is -2.09. The van der Waals surface area contributed by atoms with Gasteiger partial charge in [0.15, 0.2) is 0 Å². The third-order valence-electron chi connectivity index (χ3n) is 3.30. The molecule has 0 unspecified atom stereocenters. The highest BCUT2D eigenvalue weighted by Crippen LogP contribution is 2.13. The number of rotatable bonds is 4. The third kappa shape index (κ3) is 3.68. The zero-order valence-electron chi connectivity index (χ0n) is 10.9. The van der Waals surface area contributed by atoms with Gasteiger partial charge in [-0.15, -0.1) is 0 Å². The molecule has 19 heavy (non-hydrogen) atoms. The van der Waals surface area contributed by atoms with E-state index in [1.807, 2.05) is 4.90 Å². The molecule has 1 saturated heterocycles. The summed E-state index contributed by atoms with van der Waals surface area (Å²) in [6, 6.07) is 3.76. The second-order valence-corrected chi connectivity index (χ2v) is 4.65. The SMILES string of the molecule is N#Cc1ccncc1NCCC(=O)N1CCCCC1. The number of piperidine rings is 1. The largest absolute Gasteiger partial charge is 0.382 e. The van der Waals surface area contributed by atoms with Gasteiger partial charge in [-0.3, -0.25) is 9.78 Å². The highest BCUT2D eigenvalue weighted by Gasteiger charge is 2.15. The molecular weight excluding hydrogens is 240 g/mol. The van der Waals surface area contributed by atoms with Crippen molar-refractivity contribution in [1.82, 2.24) is 9.88 Å². The summed E-state index contributed by atoms with van der Waals surface area (Å²) in [7, 11) is 0. The molecule has 100 valence electrons.